The Morgan fingerprint density at radius 1 is 1.16 bits per heavy atom. The van der Waals surface area contributed by atoms with Crippen molar-refractivity contribution in [1.82, 2.24) is 15.2 Å². The first-order valence-corrected chi connectivity index (χ1v) is 11.9. The number of hydrogen-bond donors (Lipinski definition) is 1. The van der Waals surface area contributed by atoms with Crippen LogP contribution in [0.2, 0.25) is 0 Å². The van der Waals surface area contributed by atoms with Gasteiger partial charge >= 0.3 is 0 Å². The first-order valence-electron chi connectivity index (χ1n) is 11.9. The zero-order valence-electron chi connectivity index (χ0n) is 19.3. The lowest BCUT2D eigenvalue weighted by Gasteiger charge is -2.31. The highest BCUT2D eigenvalue weighted by Crippen LogP contribution is 2.31. The molecule has 2 aromatic rings. The maximum atomic E-state index is 13.2. The second-order valence-electron chi connectivity index (χ2n) is 8.90. The number of methoxy groups -OCH3 is 1. The van der Waals surface area contributed by atoms with Gasteiger partial charge in [-0.2, -0.15) is 0 Å². The number of benzene rings is 1. The summed E-state index contributed by atoms with van der Waals surface area (Å²) in [4.78, 5) is 20.2. The molecule has 1 saturated heterocycles. The molecule has 1 amide bonds. The van der Waals surface area contributed by atoms with Crippen molar-refractivity contribution in [2.45, 2.75) is 51.2 Å². The minimum atomic E-state index is -0.360. The van der Waals surface area contributed by atoms with Crippen molar-refractivity contribution in [3.8, 4) is 5.75 Å². The smallest absolute Gasteiger partial charge is 0.220 e. The van der Waals surface area contributed by atoms with E-state index in [9.17, 15) is 4.79 Å². The summed E-state index contributed by atoms with van der Waals surface area (Å²) >= 11 is 0. The molecule has 1 fully saturated rings. The second-order valence-corrected chi connectivity index (χ2v) is 8.90. The average molecular weight is 438 g/mol. The van der Waals surface area contributed by atoms with Gasteiger partial charge in [0.25, 0.3) is 0 Å². The molecule has 2 aliphatic rings. The van der Waals surface area contributed by atoms with E-state index in [-0.39, 0.29) is 18.1 Å². The van der Waals surface area contributed by atoms with E-state index in [0.717, 1.165) is 38.2 Å². The van der Waals surface area contributed by atoms with Crippen LogP contribution in [0.3, 0.4) is 0 Å². The zero-order valence-corrected chi connectivity index (χ0v) is 19.3. The highest BCUT2D eigenvalue weighted by atomic mass is 16.5. The van der Waals surface area contributed by atoms with Crippen molar-refractivity contribution in [2.24, 2.45) is 5.92 Å². The van der Waals surface area contributed by atoms with Gasteiger partial charge in [-0.05, 0) is 74.9 Å². The van der Waals surface area contributed by atoms with E-state index in [0.29, 0.717) is 24.7 Å². The molecule has 0 radical (unpaired) electrons. The number of ether oxygens (including phenoxy) is 2. The van der Waals surface area contributed by atoms with E-state index < -0.39 is 0 Å². The summed E-state index contributed by atoms with van der Waals surface area (Å²) in [6.45, 7) is 5.38. The lowest BCUT2D eigenvalue weighted by molar-refractivity contribution is -0.124. The molecule has 2 atom stereocenters. The van der Waals surface area contributed by atoms with Gasteiger partial charge in [-0.1, -0.05) is 24.3 Å². The van der Waals surface area contributed by atoms with Gasteiger partial charge < -0.3 is 19.7 Å². The number of carbonyl (C=O) groups excluding carboxylic acids is 1. The molecule has 0 saturated carbocycles. The van der Waals surface area contributed by atoms with E-state index in [1.165, 1.54) is 24.0 Å². The average Bonchev–Trinajstić information content (AvgIpc) is 3.46. The largest absolute Gasteiger partial charge is 0.495 e. The summed E-state index contributed by atoms with van der Waals surface area (Å²) in [7, 11) is 1.65. The highest BCUT2D eigenvalue weighted by molar-refractivity contribution is 5.77. The van der Waals surface area contributed by atoms with Crippen molar-refractivity contribution in [2.75, 3.05) is 33.4 Å². The van der Waals surface area contributed by atoms with Gasteiger partial charge in [-0.3, -0.25) is 9.78 Å². The number of carbonyl (C=O) groups is 1. The van der Waals surface area contributed by atoms with Gasteiger partial charge in [-0.25, -0.2) is 0 Å². The Hall–Kier alpha value is -2.44. The van der Waals surface area contributed by atoms with Crippen molar-refractivity contribution in [1.29, 1.82) is 0 Å². The molecule has 1 aliphatic carbocycles. The molecule has 172 valence electrons. The Labute approximate surface area is 191 Å². The molecule has 0 spiro atoms. The third-order valence-electron chi connectivity index (χ3n) is 6.61. The van der Waals surface area contributed by atoms with Gasteiger partial charge in [0.05, 0.1) is 13.2 Å². The number of nitrogens with zero attached hydrogens (tertiary/aromatic N) is 2. The fourth-order valence-electron chi connectivity index (χ4n) is 5.14. The highest BCUT2D eigenvalue weighted by Gasteiger charge is 2.32. The third kappa shape index (κ3) is 5.48. The van der Waals surface area contributed by atoms with Crippen LogP contribution in [0.1, 0.15) is 49.1 Å². The fourth-order valence-corrected chi connectivity index (χ4v) is 5.14. The molecule has 4 rings (SSSR count). The monoisotopic (exact) mass is 437 g/mol. The van der Waals surface area contributed by atoms with Gasteiger partial charge in [0.1, 0.15) is 17.5 Å². The molecule has 1 aromatic carbocycles. The van der Waals surface area contributed by atoms with Crippen LogP contribution in [0.4, 0.5) is 0 Å². The summed E-state index contributed by atoms with van der Waals surface area (Å²) in [5.41, 5.74) is 3.50. The summed E-state index contributed by atoms with van der Waals surface area (Å²) in [6.07, 6.45) is 6.28. The van der Waals surface area contributed by atoms with Crippen LogP contribution in [0.15, 0.2) is 42.6 Å². The van der Waals surface area contributed by atoms with Crippen LogP contribution in [0.5, 0.6) is 5.75 Å². The number of aromatic nitrogens is 1. The first-order chi connectivity index (χ1) is 15.7. The molecule has 32 heavy (non-hydrogen) atoms. The molecule has 1 N–H and O–H groups in total. The predicted octanol–water partition coefficient (Wildman–Crippen LogP) is 3.55. The number of fused-ring (bicyclic) bond motifs is 1. The van der Waals surface area contributed by atoms with Gasteiger partial charge in [-0.15, -0.1) is 0 Å². The minimum absolute atomic E-state index is 0.0894. The van der Waals surface area contributed by atoms with Crippen molar-refractivity contribution in [3.63, 3.8) is 0 Å². The molecule has 0 unspecified atom stereocenters. The van der Waals surface area contributed by atoms with Crippen LogP contribution in [0.25, 0.3) is 0 Å². The molecule has 1 aromatic heterocycles. The van der Waals surface area contributed by atoms with E-state index in [2.05, 4.69) is 39.5 Å². The summed E-state index contributed by atoms with van der Waals surface area (Å²) < 4.78 is 11.8. The standard InChI is InChI=1S/C26H35N3O3/c1-3-32-26(25-23(31-2)11-8-12-27-25)22(18-29-13-6-7-14-29)28-24(30)17-19-15-20-9-4-5-10-21(20)16-19/h4-5,8-12,19,22,26H,3,6-7,13-18H2,1-2H3,(H,28,30)/t22-,26+/m1/s1. The van der Waals surface area contributed by atoms with E-state index in [4.69, 9.17) is 9.47 Å². The molecule has 2 heterocycles. The van der Waals surface area contributed by atoms with E-state index >= 15 is 0 Å². The normalized spacial score (nSPS) is 18.3. The van der Waals surface area contributed by atoms with Gasteiger partial charge in [0.15, 0.2) is 0 Å². The van der Waals surface area contributed by atoms with Crippen LogP contribution in [-0.2, 0) is 22.4 Å². The minimum Gasteiger partial charge on any atom is -0.495 e. The van der Waals surface area contributed by atoms with Gasteiger partial charge in [0.2, 0.25) is 5.91 Å². The quantitative estimate of drug-likeness (QED) is 0.616. The molecule has 6 heteroatoms. The molecular weight excluding hydrogens is 402 g/mol. The molecule has 6 nitrogen and oxygen atoms in total. The Bertz CT molecular complexity index is 872. The van der Waals surface area contributed by atoms with Crippen LogP contribution in [-0.4, -0.2) is 55.2 Å². The lowest BCUT2D eigenvalue weighted by Crippen LogP contribution is -2.48. The fraction of sp³-hybridized carbons (Fsp3) is 0.538. The summed E-state index contributed by atoms with van der Waals surface area (Å²) in [5, 5.41) is 3.33. The van der Waals surface area contributed by atoms with E-state index in [1.807, 2.05) is 19.1 Å². The Morgan fingerprint density at radius 2 is 1.88 bits per heavy atom. The summed E-state index contributed by atoms with van der Waals surface area (Å²) in [5.74, 6) is 1.14. The van der Waals surface area contributed by atoms with Crippen LogP contribution >= 0.6 is 0 Å². The molecular formula is C26H35N3O3. The number of amides is 1. The first kappa shape index (κ1) is 22.7. The van der Waals surface area contributed by atoms with Crippen LogP contribution in [0, 0.1) is 5.92 Å². The number of hydrogen-bond acceptors (Lipinski definition) is 5. The number of rotatable bonds is 10. The number of nitrogens with one attached hydrogen (secondary N) is 1. The van der Waals surface area contributed by atoms with Crippen LogP contribution < -0.4 is 10.1 Å². The maximum Gasteiger partial charge on any atom is 0.220 e. The Morgan fingerprint density at radius 3 is 2.53 bits per heavy atom. The molecule has 1 aliphatic heterocycles. The Balaban J connectivity index is 1.49. The lowest BCUT2D eigenvalue weighted by atomic mass is 10.00. The second kappa shape index (κ2) is 10.9. The van der Waals surface area contributed by atoms with E-state index in [1.54, 1.807) is 13.3 Å². The zero-order chi connectivity index (χ0) is 22.3. The number of pyridine rings is 1. The number of likely N-dealkylation sites (tertiary alicyclic amines) is 1. The Kier molecular flexibility index (Phi) is 7.76. The third-order valence-corrected chi connectivity index (χ3v) is 6.61. The van der Waals surface area contributed by atoms with Crippen molar-refractivity contribution >= 4 is 5.91 Å². The van der Waals surface area contributed by atoms with Crippen molar-refractivity contribution < 1.29 is 14.3 Å². The maximum absolute atomic E-state index is 13.2. The topological polar surface area (TPSA) is 63.7 Å². The van der Waals surface area contributed by atoms with Gasteiger partial charge in [0, 0.05) is 25.8 Å². The molecule has 0 bridgehead atoms. The predicted molar refractivity (Wildman–Crippen MR) is 125 cm³/mol. The summed E-state index contributed by atoms with van der Waals surface area (Å²) in [6, 6.07) is 12.1. The van der Waals surface area contributed by atoms with Crippen molar-refractivity contribution in [3.05, 3.63) is 59.4 Å². The SMILES string of the molecule is CCO[C@H](c1ncccc1OC)[C@@H](CN1CCCC1)NC(=O)CC1Cc2ccccc2C1.